The topological polar surface area (TPSA) is 104 Å². The molecule has 138 valence electrons. The van der Waals surface area contributed by atoms with Gasteiger partial charge >= 0.3 is 5.97 Å². The van der Waals surface area contributed by atoms with E-state index in [0.29, 0.717) is 10.0 Å². The van der Waals surface area contributed by atoms with Crippen LogP contribution in [0.4, 0.5) is 5.69 Å². The second-order valence-electron chi connectivity index (χ2n) is 6.06. The van der Waals surface area contributed by atoms with E-state index < -0.39 is 25.5 Å². The molecule has 0 N–H and O–H groups in total. The SMILES string of the molecule is Cc1cc(OC(=O)C(C)(C)S(=O)(=O)c2ccc(Br)cc2)ccc1[N+](=O)[O-]. The lowest BCUT2D eigenvalue weighted by atomic mass is 10.2. The molecule has 0 aliphatic carbocycles. The third-order valence-corrected chi connectivity index (χ3v) is 6.79. The molecular formula is C17H16BrNO6S. The summed E-state index contributed by atoms with van der Waals surface area (Å²) in [6.07, 6.45) is 0. The second-order valence-corrected chi connectivity index (χ2v) is 9.48. The van der Waals surface area contributed by atoms with Gasteiger partial charge in [-0.3, -0.25) is 10.1 Å². The molecular weight excluding hydrogens is 426 g/mol. The van der Waals surface area contributed by atoms with Gasteiger partial charge in [-0.2, -0.15) is 0 Å². The molecule has 26 heavy (non-hydrogen) atoms. The first-order chi connectivity index (χ1) is 12.0. The van der Waals surface area contributed by atoms with Crippen LogP contribution in [0.3, 0.4) is 0 Å². The molecule has 0 aromatic heterocycles. The van der Waals surface area contributed by atoms with Crippen molar-refractivity contribution in [3.05, 3.63) is 62.6 Å². The molecule has 0 fully saturated rings. The summed E-state index contributed by atoms with van der Waals surface area (Å²) in [5, 5.41) is 10.8. The van der Waals surface area contributed by atoms with E-state index >= 15 is 0 Å². The molecule has 0 amide bonds. The first-order valence-corrected chi connectivity index (χ1v) is 9.72. The molecule has 2 aromatic carbocycles. The first-order valence-electron chi connectivity index (χ1n) is 7.44. The minimum atomic E-state index is -4.01. The van der Waals surface area contributed by atoms with E-state index in [1.807, 2.05) is 0 Å². The van der Waals surface area contributed by atoms with Crippen LogP contribution in [-0.2, 0) is 14.6 Å². The van der Waals surface area contributed by atoms with Crippen molar-refractivity contribution in [3.63, 3.8) is 0 Å². The standard InChI is InChI=1S/C17H16BrNO6S/c1-11-10-13(6-9-15(11)19(21)22)25-16(20)17(2,3)26(23,24)14-7-4-12(18)5-8-14/h4-10H,1-3H3. The van der Waals surface area contributed by atoms with Gasteiger partial charge in [-0.15, -0.1) is 0 Å². The molecule has 0 radical (unpaired) electrons. The molecule has 0 bridgehead atoms. The number of hydrogen-bond acceptors (Lipinski definition) is 6. The fraction of sp³-hybridized carbons (Fsp3) is 0.235. The Morgan fingerprint density at radius 1 is 1.15 bits per heavy atom. The van der Waals surface area contributed by atoms with Crippen LogP contribution in [0.1, 0.15) is 19.4 Å². The maximum absolute atomic E-state index is 12.8. The lowest BCUT2D eigenvalue weighted by Crippen LogP contribution is -2.43. The number of aryl methyl sites for hydroxylation is 1. The summed E-state index contributed by atoms with van der Waals surface area (Å²) in [6, 6.07) is 9.69. The van der Waals surface area contributed by atoms with E-state index in [9.17, 15) is 23.3 Å². The molecule has 0 atom stereocenters. The number of halogens is 1. The highest BCUT2D eigenvalue weighted by molar-refractivity contribution is 9.10. The minimum absolute atomic E-state index is 0.0115. The summed E-state index contributed by atoms with van der Waals surface area (Å²) < 4.78 is 29.6. The zero-order valence-corrected chi connectivity index (χ0v) is 16.6. The summed E-state index contributed by atoms with van der Waals surface area (Å²) in [4.78, 5) is 22.8. The average molecular weight is 442 g/mol. The highest BCUT2D eigenvalue weighted by atomic mass is 79.9. The van der Waals surface area contributed by atoms with Crippen molar-refractivity contribution in [1.29, 1.82) is 0 Å². The molecule has 7 nitrogen and oxygen atoms in total. The van der Waals surface area contributed by atoms with E-state index in [1.165, 1.54) is 51.1 Å². The van der Waals surface area contributed by atoms with Gasteiger partial charge in [0.05, 0.1) is 9.82 Å². The molecule has 2 rings (SSSR count). The normalized spacial score (nSPS) is 11.8. The highest BCUT2D eigenvalue weighted by Gasteiger charge is 2.44. The number of ether oxygens (including phenoxy) is 1. The number of nitro benzene ring substituents is 1. The van der Waals surface area contributed by atoms with E-state index in [0.717, 1.165) is 0 Å². The summed E-state index contributed by atoms with van der Waals surface area (Å²) >= 11 is 3.22. The quantitative estimate of drug-likeness (QED) is 0.302. The van der Waals surface area contributed by atoms with Gasteiger partial charge in [0.1, 0.15) is 5.75 Å². The van der Waals surface area contributed by atoms with Gasteiger partial charge in [0, 0.05) is 16.1 Å². The van der Waals surface area contributed by atoms with Gasteiger partial charge in [0.25, 0.3) is 5.69 Å². The highest BCUT2D eigenvalue weighted by Crippen LogP contribution is 2.30. The molecule has 0 spiro atoms. The average Bonchev–Trinajstić information content (AvgIpc) is 2.54. The Labute approximate surface area is 159 Å². The predicted octanol–water partition coefficient (Wildman–Crippen LogP) is 3.82. The molecule has 0 aliphatic heterocycles. The van der Waals surface area contributed by atoms with Gasteiger partial charge in [-0.25, -0.2) is 13.2 Å². The van der Waals surface area contributed by atoms with Gasteiger partial charge < -0.3 is 4.74 Å². The van der Waals surface area contributed by atoms with E-state index in [2.05, 4.69) is 15.9 Å². The molecule has 9 heteroatoms. The van der Waals surface area contributed by atoms with Crippen LogP contribution < -0.4 is 4.74 Å². The Hall–Kier alpha value is -2.26. The maximum atomic E-state index is 12.8. The third-order valence-electron chi connectivity index (χ3n) is 3.86. The van der Waals surface area contributed by atoms with Crippen LogP contribution in [0.2, 0.25) is 0 Å². The number of hydrogen-bond donors (Lipinski definition) is 0. The fourth-order valence-electron chi connectivity index (χ4n) is 2.14. The Morgan fingerprint density at radius 3 is 2.23 bits per heavy atom. The van der Waals surface area contributed by atoms with Crippen LogP contribution >= 0.6 is 15.9 Å². The van der Waals surface area contributed by atoms with Gasteiger partial charge in [-0.05, 0) is 57.2 Å². The Bertz CT molecular complexity index is 967. The Balaban J connectivity index is 2.31. The Morgan fingerprint density at radius 2 is 1.73 bits per heavy atom. The van der Waals surface area contributed by atoms with E-state index in [4.69, 9.17) is 4.74 Å². The zero-order valence-electron chi connectivity index (χ0n) is 14.2. The number of rotatable bonds is 5. The number of sulfone groups is 1. The fourth-order valence-corrected chi connectivity index (χ4v) is 3.75. The van der Waals surface area contributed by atoms with Crippen molar-refractivity contribution >= 4 is 37.4 Å². The number of nitro groups is 1. The lowest BCUT2D eigenvalue weighted by Gasteiger charge is -2.23. The van der Waals surface area contributed by atoms with E-state index in [-0.39, 0.29) is 16.3 Å². The molecule has 0 saturated carbocycles. The van der Waals surface area contributed by atoms with E-state index in [1.54, 1.807) is 12.1 Å². The third kappa shape index (κ3) is 3.78. The van der Waals surface area contributed by atoms with Crippen molar-refractivity contribution in [1.82, 2.24) is 0 Å². The van der Waals surface area contributed by atoms with Gasteiger partial charge in [-0.1, -0.05) is 15.9 Å². The Kier molecular flexibility index (Phi) is 5.52. The van der Waals surface area contributed by atoms with Crippen molar-refractivity contribution in [2.75, 3.05) is 0 Å². The summed E-state index contributed by atoms with van der Waals surface area (Å²) in [5.74, 6) is -0.939. The summed E-state index contributed by atoms with van der Waals surface area (Å²) in [5.41, 5.74) is 0.181. The maximum Gasteiger partial charge on any atom is 0.332 e. The number of benzene rings is 2. The number of carbonyl (C=O) groups is 1. The number of esters is 1. The zero-order chi connectivity index (χ0) is 19.7. The van der Waals surface area contributed by atoms with Crippen molar-refractivity contribution in [2.24, 2.45) is 0 Å². The van der Waals surface area contributed by atoms with Crippen molar-refractivity contribution in [2.45, 2.75) is 30.4 Å². The van der Waals surface area contributed by atoms with Gasteiger partial charge in [0.15, 0.2) is 14.6 Å². The second kappa shape index (κ2) is 7.16. The minimum Gasteiger partial charge on any atom is -0.425 e. The molecule has 0 aliphatic rings. The van der Waals surface area contributed by atoms with Crippen molar-refractivity contribution < 1.29 is 22.9 Å². The molecule has 0 unspecified atom stereocenters. The van der Waals surface area contributed by atoms with Crippen LogP contribution in [0, 0.1) is 17.0 Å². The first kappa shape index (κ1) is 20.1. The summed E-state index contributed by atoms with van der Waals surface area (Å²) in [7, 11) is -4.01. The molecule has 0 heterocycles. The largest absolute Gasteiger partial charge is 0.425 e. The van der Waals surface area contributed by atoms with Gasteiger partial charge in [0.2, 0.25) is 0 Å². The predicted molar refractivity (Wildman–Crippen MR) is 98.9 cm³/mol. The van der Waals surface area contributed by atoms with Crippen LogP contribution in [-0.4, -0.2) is 24.1 Å². The molecule has 2 aromatic rings. The van der Waals surface area contributed by atoms with Crippen LogP contribution in [0.5, 0.6) is 5.75 Å². The van der Waals surface area contributed by atoms with Crippen LogP contribution in [0.15, 0.2) is 51.8 Å². The molecule has 0 saturated heterocycles. The summed E-state index contributed by atoms with van der Waals surface area (Å²) in [6.45, 7) is 4.01. The lowest BCUT2D eigenvalue weighted by molar-refractivity contribution is -0.385. The van der Waals surface area contributed by atoms with Crippen molar-refractivity contribution in [3.8, 4) is 5.75 Å². The number of nitrogens with zero attached hydrogens (tertiary/aromatic N) is 1. The smallest absolute Gasteiger partial charge is 0.332 e. The monoisotopic (exact) mass is 441 g/mol. The number of carbonyl (C=O) groups excluding carboxylic acids is 1. The van der Waals surface area contributed by atoms with Crippen LogP contribution in [0.25, 0.3) is 0 Å².